The van der Waals surface area contributed by atoms with E-state index in [1.807, 2.05) is 91.9 Å². The third kappa shape index (κ3) is 4.40. The number of aromatic carboxylic acids is 1. The molecule has 4 aromatic carbocycles. The number of carbonyl (C=O) groups is 1. The van der Waals surface area contributed by atoms with Crippen LogP contribution in [-0.4, -0.2) is 31.5 Å². The van der Waals surface area contributed by atoms with Crippen LogP contribution in [0.15, 0.2) is 113 Å². The van der Waals surface area contributed by atoms with Gasteiger partial charge in [0.15, 0.2) is 5.82 Å². The van der Waals surface area contributed by atoms with E-state index in [4.69, 9.17) is 10.1 Å². The smallest absolute Gasteiger partial charge is 0.335 e. The summed E-state index contributed by atoms with van der Waals surface area (Å²) >= 11 is 0. The second-order valence-corrected chi connectivity index (χ2v) is 9.28. The average Bonchev–Trinajstić information content (AvgIpc) is 3.23. The molecule has 0 aliphatic carbocycles. The summed E-state index contributed by atoms with van der Waals surface area (Å²) in [5.74, 6) is -0.480. The minimum atomic E-state index is -0.948. The predicted molar refractivity (Wildman–Crippen MR) is 154 cm³/mol. The topological polar surface area (TPSA) is 89.5 Å². The number of benzene rings is 4. The Kier molecular flexibility index (Phi) is 6.09. The molecule has 0 aliphatic rings. The summed E-state index contributed by atoms with van der Waals surface area (Å²) < 4.78 is 3.54. The largest absolute Gasteiger partial charge is 0.478 e. The van der Waals surface area contributed by atoms with Gasteiger partial charge in [-0.1, -0.05) is 72.8 Å². The average molecular weight is 513 g/mol. The van der Waals surface area contributed by atoms with Crippen LogP contribution in [0.5, 0.6) is 0 Å². The van der Waals surface area contributed by atoms with Gasteiger partial charge < -0.3 is 9.67 Å². The zero-order valence-electron chi connectivity index (χ0n) is 21.2. The van der Waals surface area contributed by atoms with Gasteiger partial charge in [0, 0.05) is 34.3 Å². The van der Waals surface area contributed by atoms with Crippen LogP contribution in [0.2, 0.25) is 0 Å². The normalized spacial score (nSPS) is 11.5. The molecule has 0 atom stereocenters. The van der Waals surface area contributed by atoms with Crippen molar-refractivity contribution < 1.29 is 9.90 Å². The van der Waals surface area contributed by atoms with Crippen molar-refractivity contribution in [1.82, 2.24) is 14.2 Å². The van der Waals surface area contributed by atoms with E-state index in [0.717, 1.165) is 33.3 Å². The third-order valence-electron chi connectivity index (χ3n) is 6.91. The molecule has 0 unspecified atom stereocenters. The van der Waals surface area contributed by atoms with Crippen molar-refractivity contribution in [3.8, 4) is 11.4 Å². The number of aromatic nitrogens is 3. The molecule has 39 heavy (non-hydrogen) atoms. The number of para-hydroxylation sites is 2. The summed E-state index contributed by atoms with van der Waals surface area (Å²) in [6.07, 6.45) is 1.73. The lowest BCUT2D eigenvalue weighted by Crippen LogP contribution is -2.20. The van der Waals surface area contributed by atoms with E-state index in [1.54, 1.807) is 24.4 Å². The first-order valence-electron chi connectivity index (χ1n) is 12.5. The Morgan fingerprint density at radius 3 is 2.28 bits per heavy atom. The lowest BCUT2D eigenvalue weighted by Gasteiger charge is -2.10. The Morgan fingerprint density at radius 2 is 1.54 bits per heavy atom. The highest BCUT2D eigenvalue weighted by molar-refractivity contribution is 6.01. The van der Waals surface area contributed by atoms with Crippen LogP contribution in [0.4, 0.5) is 0 Å². The molecule has 2 aromatic heterocycles. The number of hydrogen-bond donors (Lipinski definition) is 1. The first-order valence-corrected chi connectivity index (χ1v) is 12.5. The quantitative estimate of drug-likeness (QED) is 0.279. The van der Waals surface area contributed by atoms with Gasteiger partial charge in [-0.05, 0) is 42.8 Å². The van der Waals surface area contributed by atoms with E-state index in [2.05, 4.69) is 4.57 Å². The van der Waals surface area contributed by atoms with Crippen LogP contribution in [0, 0.1) is 6.92 Å². The molecule has 0 saturated heterocycles. The Hall–Kier alpha value is -5.30. The number of rotatable bonds is 6. The number of carboxylic acid groups (broad SMARTS) is 1. The van der Waals surface area contributed by atoms with Crippen LogP contribution in [0.1, 0.15) is 27.2 Å². The molecule has 2 heterocycles. The van der Waals surface area contributed by atoms with Crippen LogP contribution >= 0.6 is 0 Å². The Labute approximate surface area is 223 Å². The van der Waals surface area contributed by atoms with E-state index >= 15 is 0 Å². The second kappa shape index (κ2) is 9.87. The lowest BCUT2D eigenvalue weighted by molar-refractivity contribution is 0.0697. The molecule has 0 spiro atoms. The molecular formula is C32H24N4O3. The highest BCUT2D eigenvalue weighted by atomic mass is 16.4. The van der Waals surface area contributed by atoms with Crippen molar-refractivity contribution in [1.29, 1.82) is 0 Å². The summed E-state index contributed by atoms with van der Waals surface area (Å²) in [5, 5.41) is 15.4. The molecule has 6 rings (SSSR count). The highest BCUT2D eigenvalue weighted by Gasteiger charge is 2.15. The van der Waals surface area contributed by atoms with E-state index in [9.17, 15) is 14.7 Å². The second-order valence-electron chi connectivity index (χ2n) is 9.28. The molecule has 0 aliphatic heterocycles. The van der Waals surface area contributed by atoms with E-state index in [1.165, 1.54) is 4.68 Å². The Morgan fingerprint density at radius 1 is 0.872 bits per heavy atom. The molecule has 7 heteroatoms. The number of nitrogens with zero attached hydrogens (tertiary/aromatic N) is 4. The van der Waals surface area contributed by atoms with Crippen molar-refractivity contribution in [2.45, 2.75) is 13.5 Å². The molecular weight excluding hydrogens is 488 g/mol. The molecule has 0 radical (unpaired) electrons. The minimum absolute atomic E-state index is 0.240. The maximum absolute atomic E-state index is 13.6. The van der Waals surface area contributed by atoms with Gasteiger partial charge in [-0.15, -0.1) is 0 Å². The van der Waals surface area contributed by atoms with Crippen LogP contribution in [0.25, 0.3) is 33.2 Å². The third-order valence-corrected chi connectivity index (χ3v) is 6.91. The molecule has 190 valence electrons. The van der Waals surface area contributed by atoms with Crippen molar-refractivity contribution in [2.24, 2.45) is 5.10 Å². The van der Waals surface area contributed by atoms with Gasteiger partial charge in [0.2, 0.25) is 0 Å². The molecule has 0 amide bonds. The van der Waals surface area contributed by atoms with Gasteiger partial charge in [0.25, 0.3) is 5.56 Å². The first kappa shape index (κ1) is 24.1. The van der Waals surface area contributed by atoms with Crippen molar-refractivity contribution in [2.75, 3.05) is 0 Å². The zero-order valence-corrected chi connectivity index (χ0v) is 21.2. The maximum Gasteiger partial charge on any atom is 0.335 e. The summed E-state index contributed by atoms with van der Waals surface area (Å²) in [7, 11) is 0. The number of carboxylic acids is 1. The Bertz CT molecular complexity index is 1940. The van der Waals surface area contributed by atoms with Crippen LogP contribution in [-0.2, 0) is 6.54 Å². The highest BCUT2D eigenvalue weighted by Crippen LogP contribution is 2.26. The van der Waals surface area contributed by atoms with Crippen molar-refractivity contribution >= 4 is 34.0 Å². The molecule has 6 aromatic rings. The summed E-state index contributed by atoms with van der Waals surface area (Å²) in [4.78, 5) is 29.6. The van der Waals surface area contributed by atoms with E-state index in [-0.39, 0.29) is 11.1 Å². The first-order chi connectivity index (χ1) is 19.0. The summed E-state index contributed by atoms with van der Waals surface area (Å²) in [6, 6.07) is 31.8. The molecule has 7 nitrogen and oxygen atoms in total. The number of fused-ring (bicyclic) bond motifs is 2. The Balaban J connectivity index is 1.48. The maximum atomic E-state index is 13.6. The van der Waals surface area contributed by atoms with Gasteiger partial charge in [-0.2, -0.15) is 9.78 Å². The SMILES string of the molecule is Cc1c(C=Nn2c(-c3ccccc3)nc3ccccc3c2=O)c2ccccc2n1Cc1ccc(C(=O)O)cc1. The van der Waals surface area contributed by atoms with E-state index < -0.39 is 5.97 Å². The van der Waals surface area contributed by atoms with Gasteiger partial charge in [-0.25, -0.2) is 9.78 Å². The monoisotopic (exact) mass is 512 g/mol. The zero-order chi connectivity index (χ0) is 26.9. The standard InChI is InChI=1S/C32H24N4O3/c1-21-27(25-11-6-8-14-29(25)35(21)20-22-15-17-24(18-16-22)32(38)39)19-33-36-30(23-9-3-2-4-10-23)34-28-13-7-5-12-26(28)31(36)37/h2-19H,20H2,1H3,(H,38,39). The summed E-state index contributed by atoms with van der Waals surface area (Å²) in [6.45, 7) is 2.58. The number of hydrogen-bond acceptors (Lipinski definition) is 4. The molecule has 0 bridgehead atoms. The van der Waals surface area contributed by atoms with Gasteiger partial charge in [0.1, 0.15) is 0 Å². The van der Waals surface area contributed by atoms with Crippen LogP contribution in [0.3, 0.4) is 0 Å². The fraction of sp³-hybridized carbons (Fsp3) is 0.0625. The molecule has 1 N–H and O–H groups in total. The lowest BCUT2D eigenvalue weighted by atomic mass is 10.1. The minimum Gasteiger partial charge on any atom is -0.478 e. The van der Waals surface area contributed by atoms with Gasteiger partial charge >= 0.3 is 5.97 Å². The van der Waals surface area contributed by atoms with Gasteiger partial charge in [0.05, 0.1) is 22.7 Å². The van der Waals surface area contributed by atoms with Gasteiger partial charge in [-0.3, -0.25) is 4.79 Å². The van der Waals surface area contributed by atoms with Crippen molar-refractivity contribution in [3.63, 3.8) is 0 Å². The fourth-order valence-electron chi connectivity index (χ4n) is 4.88. The molecule has 0 saturated carbocycles. The van der Waals surface area contributed by atoms with Crippen LogP contribution < -0.4 is 5.56 Å². The fourth-order valence-corrected chi connectivity index (χ4v) is 4.88. The van der Waals surface area contributed by atoms with E-state index in [0.29, 0.717) is 23.3 Å². The summed E-state index contributed by atoms with van der Waals surface area (Å²) in [5.41, 5.74) is 5.30. The van der Waals surface area contributed by atoms with Crippen molar-refractivity contribution in [3.05, 3.63) is 136 Å². The molecule has 0 fully saturated rings. The predicted octanol–water partition coefficient (Wildman–Crippen LogP) is 5.96.